The molecule has 25 heavy (non-hydrogen) atoms. The highest BCUT2D eigenvalue weighted by Crippen LogP contribution is 2.32. The largest absolute Gasteiger partial charge is 0.396 e. The van der Waals surface area contributed by atoms with Gasteiger partial charge >= 0.3 is 5.69 Å². The molecular formula is C18H20ClFN2O2S. The Morgan fingerprint density at radius 3 is 2.88 bits per heavy atom. The molecule has 0 unspecified atom stereocenters. The van der Waals surface area contributed by atoms with Gasteiger partial charge in [-0.05, 0) is 44.2 Å². The molecule has 0 saturated carbocycles. The summed E-state index contributed by atoms with van der Waals surface area (Å²) in [6, 6.07) is 4.63. The minimum Gasteiger partial charge on any atom is -0.396 e. The van der Waals surface area contributed by atoms with E-state index in [9.17, 15) is 9.18 Å². The van der Waals surface area contributed by atoms with Gasteiger partial charge in [-0.3, -0.25) is 4.57 Å². The number of aliphatic hydroxyl groups excluding tert-OH is 1. The molecule has 1 heterocycles. The summed E-state index contributed by atoms with van der Waals surface area (Å²) in [6.45, 7) is 0.526. The van der Waals surface area contributed by atoms with E-state index in [0.717, 1.165) is 36.9 Å². The van der Waals surface area contributed by atoms with E-state index in [4.69, 9.17) is 16.7 Å². The van der Waals surface area contributed by atoms with Crippen LogP contribution in [0.15, 0.2) is 28.0 Å². The third-order valence-corrected chi connectivity index (χ3v) is 5.80. The fraction of sp³-hybridized carbons (Fsp3) is 0.444. The van der Waals surface area contributed by atoms with Gasteiger partial charge in [-0.1, -0.05) is 17.7 Å². The minimum atomic E-state index is -0.342. The molecule has 0 saturated heterocycles. The smallest absolute Gasteiger partial charge is 0.348 e. The lowest BCUT2D eigenvalue weighted by molar-refractivity contribution is 0.277. The van der Waals surface area contributed by atoms with Crippen molar-refractivity contribution in [2.45, 2.75) is 49.4 Å². The highest BCUT2D eigenvalue weighted by molar-refractivity contribution is 7.98. The first-order valence-electron chi connectivity index (χ1n) is 8.41. The molecule has 0 radical (unpaired) electrons. The first-order chi connectivity index (χ1) is 12.1. The summed E-state index contributed by atoms with van der Waals surface area (Å²) in [4.78, 5) is 16.7. The number of hydrogen-bond donors (Lipinski definition) is 1. The van der Waals surface area contributed by atoms with Gasteiger partial charge in [-0.2, -0.15) is 4.98 Å². The van der Waals surface area contributed by atoms with Crippen LogP contribution in [0.1, 0.15) is 36.1 Å². The van der Waals surface area contributed by atoms with Crippen molar-refractivity contribution < 1.29 is 9.50 Å². The second-order valence-electron chi connectivity index (χ2n) is 6.05. The Morgan fingerprint density at radius 1 is 1.32 bits per heavy atom. The Balaban J connectivity index is 1.91. The first-order valence-corrected chi connectivity index (χ1v) is 9.77. The summed E-state index contributed by atoms with van der Waals surface area (Å²) in [7, 11) is 0. The fourth-order valence-corrected chi connectivity index (χ4v) is 4.56. The fourth-order valence-electron chi connectivity index (χ4n) is 3.14. The Bertz CT molecular complexity index is 805. The molecule has 2 aromatic rings. The predicted molar refractivity (Wildman–Crippen MR) is 97.8 cm³/mol. The number of benzene rings is 1. The van der Waals surface area contributed by atoms with Crippen molar-refractivity contribution in [3.8, 4) is 0 Å². The Labute approximate surface area is 155 Å². The number of nitrogens with zero attached hydrogens (tertiary/aromatic N) is 2. The number of hydrogen-bond acceptors (Lipinski definition) is 4. The van der Waals surface area contributed by atoms with E-state index in [1.807, 2.05) is 0 Å². The highest BCUT2D eigenvalue weighted by atomic mass is 35.5. The van der Waals surface area contributed by atoms with Crippen molar-refractivity contribution in [1.82, 2.24) is 9.55 Å². The number of halogens is 2. The molecule has 1 aliphatic carbocycles. The summed E-state index contributed by atoms with van der Waals surface area (Å²) < 4.78 is 15.7. The molecule has 134 valence electrons. The van der Waals surface area contributed by atoms with E-state index >= 15 is 0 Å². The molecule has 7 heteroatoms. The maximum atomic E-state index is 14.0. The van der Waals surface area contributed by atoms with Crippen LogP contribution in [0.5, 0.6) is 0 Å². The Hall–Kier alpha value is -1.37. The van der Waals surface area contributed by atoms with Gasteiger partial charge in [0.15, 0.2) is 0 Å². The number of fused-ring (bicyclic) bond motifs is 1. The van der Waals surface area contributed by atoms with Gasteiger partial charge in [0.05, 0.1) is 0 Å². The molecule has 4 nitrogen and oxygen atoms in total. The van der Waals surface area contributed by atoms with Gasteiger partial charge in [-0.25, -0.2) is 9.18 Å². The van der Waals surface area contributed by atoms with E-state index < -0.39 is 0 Å². The van der Waals surface area contributed by atoms with Crippen LogP contribution in [-0.4, -0.2) is 21.3 Å². The molecule has 0 atom stereocenters. The standard InChI is InChI=1S/C18H20ClFN2O2S/c19-14-6-3-7-15(20)13(14)11-25-17-12-5-1-2-8-16(12)22(9-4-10-23)18(24)21-17/h3,6-7,23H,1-2,4-5,8-11H2. The maximum absolute atomic E-state index is 14.0. The third kappa shape index (κ3) is 4.07. The zero-order chi connectivity index (χ0) is 17.8. The van der Waals surface area contributed by atoms with Crippen LogP contribution in [0.25, 0.3) is 0 Å². The summed E-state index contributed by atoms with van der Waals surface area (Å²) in [5.41, 5.74) is 2.24. The van der Waals surface area contributed by atoms with Crippen LogP contribution in [0.4, 0.5) is 4.39 Å². The number of aliphatic hydroxyl groups is 1. The number of thioether (sulfide) groups is 1. The van der Waals surface area contributed by atoms with Gasteiger partial charge in [-0.15, -0.1) is 11.8 Å². The van der Waals surface area contributed by atoms with Crippen LogP contribution in [0.2, 0.25) is 5.02 Å². The maximum Gasteiger partial charge on any atom is 0.348 e. The van der Waals surface area contributed by atoms with Gasteiger partial charge in [0.1, 0.15) is 10.8 Å². The summed E-state index contributed by atoms with van der Waals surface area (Å²) >= 11 is 7.45. The van der Waals surface area contributed by atoms with Crippen LogP contribution in [-0.2, 0) is 25.1 Å². The zero-order valence-electron chi connectivity index (χ0n) is 13.8. The van der Waals surface area contributed by atoms with Crippen molar-refractivity contribution in [3.05, 3.63) is 56.3 Å². The summed E-state index contributed by atoms with van der Waals surface area (Å²) in [6.07, 6.45) is 4.34. The Morgan fingerprint density at radius 2 is 2.12 bits per heavy atom. The van der Waals surface area contributed by atoms with Crippen molar-refractivity contribution in [2.75, 3.05) is 6.61 Å². The quantitative estimate of drug-likeness (QED) is 0.612. The third-order valence-electron chi connectivity index (χ3n) is 4.41. The predicted octanol–water partition coefficient (Wildman–Crippen LogP) is 3.59. The van der Waals surface area contributed by atoms with Crippen molar-refractivity contribution in [3.63, 3.8) is 0 Å². The summed E-state index contributed by atoms with van der Waals surface area (Å²) in [5.74, 6) is -0.00412. The molecule has 0 fully saturated rings. The molecule has 0 bridgehead atoms. The van der Waals surface area contributed by atoms with E-state index in [0.29, 0.717) is 34.3 Å². The monoisotopic (exact) mass is 382 g/mol. The molecule has 3 rings (SSSR count). The van der Waals surface area contributed by atoms with Crippen molar-refractivity contribution in [2.24, 2.45) is 0 Å². The second-order valence-corrected chi connectivity index (χ2v) is 7.42. The molecule has 1 aromatic heterocycles. The topological polar surface area (TPSA) is 55.1 Å². The van der Waals surface area contributed by atoms with Crippen LogP contribution in [0.3, 0.4) is 0 Å². The van der Waals surface area contributed by atoms with Gasteiger partial charge in [0, 0.05) is 40.7 Å². The van der Waals surface area contributed by atoms with Crippen LogP contribution < -0.4 is 5.69 Å². The van der Waals surface area contributed by atoms with E-state index in [1.165, 1.54) is 17.8 Å². The lowest BCUT2D eigenvalue weighted by Crippen LogP contribution is -2.30. The zero-order valence-corrected chi connectivity index (χ0v) is 15.4. The highest BCUT2D eigenvalue weighted by Gasteiger charge is 2.21. The molecule has 1 N–H and O–H groups in total. The van der Waals surface area contributed by atoms with E-state index in [-0.39, 0.29) is 18.1 Å². The van der Waals surface area contributed by atoms with Crippen molar-refractivity contribution >= 4 is 23.4 Å². The molecule has 0 spiro atoms. The molecule has 0 amide bonds. The lowest BCUT2D eigenvalue weighted by Gasteiger charge is -2.22. The molecule has 0 aliphatic heterocycles. The Kier molecular flexibility index (Phi) is 6.15. The number of aromatic nitrogens is 2. The number of rotatable bonds is 6. The van der Waals surface area contributed by atoms with Crippen LogP contribution >= 0.6 is 23.4 Å². The van der Waals surface area contributed by atoms with Crippen LogP contribution in [0, 0.1) is 5.82 Å². The summed E-state index contributed by atoms with van der Waals surface area (Å²) in [5, 5.41) is 10.1. The van der Waals surface area contributed by atoms with E-state index in [2.05, 4.69) is 4.98 Å². The first kappa shape index (κ1) is 18.4. The van der Waals surface area contributed by atoms with Crippen molar-refractivity contribution in [1.29, 1.82) is 0 Å². The molecular weight excluding hydrogens is 363 g/mol. The van der Waals surface area contributed by atoms with E-state index in [1.54, 1.807) is 16.7 Å². The normalized spacial score (nSPS) is 13.7. The molecule has 1 aliphatic rings. The average molecular weight is 383 g/mol. The second kappa shape index (κ2) is 8.34. The minimum absolute atomic E-state index is 0.0451. The average Bonchev–Trinajstić information content (AvgIpc) is 2.61. The van der Waals surface area contributed by atoms with Gasteiger partial charge in [0.25, 0.3) is 0 Å². The molecule has 1 aromatic carbocycles. The van der Waals surface area contributed by atoms with Gasteiger partial charge < -0.3 is 5.11 Å². The van der Waals surface area contributed by atoms with Gasteiger partial charge in [0.2, 0.25) is 0 Å². The lowest BCUT2D eigenvalue weighted by atomic mass is 9.97. The SMILES string of the molecule is O=c1nc(SCc2c(F)cccc2Cl)c2c(n1CCCO)CCCC2.